The van der Waals surface area contributed by atoms with E-state index in [9.17, 15) is 4.79 Å². The minimum Gasteiger partial charge on any atom is -0.486 e. The number of ether oxygens (including phenoxy) is 2. The van der Waals surface area contributed by atoms with Gasteiger partial charge in [0.05, 0.1) is 0 Å². The van der Waals surface area contributed by atoms with E-state index in [-0.39, 0.29) is 0 Å². The number of carbonyl (C=O) groups is 1. The number of nitrogens with one attached hydrogen (secondary N) is 2. The lowest BCUT2D eigenvalue weighted by Crippen LogP contribution is -2.15. The molecule has 0 fully saturated rings. The van der Waals surface area contributed by atoms with Crippen molar-refractivity contribution in [1.82, 2.24) is 0 Å². The Labute approximate surface area is 181 Å². The number of hydrogen-bond acceptors (Lipinski definition) is 6. The Morgan fingerprint density at radius 2 is 1.63 bits per heavy atom. The molecule has 0 amide bonds. The molecule has 30 heavy (non-hydrogen) atoms. The summed E-state index contributed by atoms with van der Waals surface area (Å²) in [6.07, 6.45) is 0.790. The zero-order chi connectivity index (χ0) is 21.3. The maximum Gasteiger partial charge on any atom is 0.162 e. The van der Waals surface area contributed by atoms with Gasteiger partial charge in [-0.3, -0.25) is 4.79 Å². The molecule has 3 aromatic carbocycles. The van der Waals surface area contributed by atoms with Crippen LogP contribution in [0.3, 0.4) is 0 Å². The summed E-state index contributed by atoms with van der Waals surface area (Å²) in [5.74, 6) is 1.37. The van der Waals surface area contributed by atoms with Crippen LogP contribution in [0.5, 0.6) is 11.5 Å². The van der Waals surface area contributed by atoms with E-state index in [1.807, 2.05) is 19.2 Å². The molecule has 0 bridgehead atoms. The van der Waals surface area contributed by atoms with E-state index in [0.29, 0.717) is 30.3 Å². The van der Waals surface area contributed by atoms with Gasteiger partial charge in [0.25, 0.3) is 0 Å². The summed E-state index contributed by atoms with van der Waals surface area (Å²) in [5, 5.41) is 3.13. The minimum atomic E-state index is 0.551. The molecule has 0 radical (unpaired) electrons. The molecule has 6 heteroatoms. The first-order valence-corrected chi connectivity index (χ1v) is 10.5. The fourth-order valence-corrected chi connectivity index (χ4v) is 3.50. The monoisotopic (exact) mass is 422 g/mol. The summed E-state index contributed by atoms with van der Waals surface area (Å²) in [5.41, 5.74) is 5.48. The van der Waals surface area contributed by atoms with Gasteiger partial charge in [0.15, 0.2) is 11.5 Å². The van der Waals surface area contributed by atoms with Crippen molar-refractivity contribution in [3.8, 4) is 11.5 Å². The molecule has 4 rings (SSSR count). The average Bonchev–Trinajstić information content (AvgIpc) is 2.80. The van der Waals surface area contributed by atoms with Crippen LogP contribution >= 0.6 is 11.9 Å². The number of benzene rings is 3. The van der Waals surface area contributed by atoms with Gasteiger partial charge in [0, 0.05) is 28.9 Å². The van der Waals surface area contributed by atoms with Crippen LogP contribution in [0.15, 0.2) is 65.6 Å². The molecule has 1 aliphatic heterocycles. The Morgan fingerprint density at radius 3 is 2.37 bits per heavy atom. The molecule has 1 aliphatic rings. The molecule has 0 atom stereocenters. The van der Waals surface area contributed by atoms with Gasteiger partial charge in [-0.25, -0.2) is 0 Å². The lowest BCUT2D eigenvalue weighted by atomic mass is 10.1. The van der Waals surface area contributed by atoms with E-state index in [4.69, 9.17) is 9.47 Å². The highest BCUT2D eigenvalue weighted by Gasteiger charge is 2.10. The van der Waals surface area contributed by atoms with E-state index in [2.05, 4.69) is 54.2 Å². The Hall–Kier alpha value is -3.12. The van der Waals surface area contributed by atoms with E-state index < -0.39 is 0 Å². The number of rotatable bonds is 5. The van der Waals surface area contributed by atoms with Crippen molar-refractivity contribution in [3.05, 3.63) is 77.4 Å². The van der Waals surface area contributed by atoms with Gasteiger partial charge in [-0.15, -0.1) is 0 Å². The molecule has 0 unspecified atom stereocenters. The van der Waals surface area contributed by atoms with Gasteiger partial charge >= 0.3 is 0 Å². The maximum atomic E-state index is 10.4. The van der Waals surface area contributed by atoms with Crippen molar-refractivity contribution in [3.63, 3.8) is 0 Å². The highest BCUT2D eigenvalue weighted by Crippen LogP contribution is 2.30. The zero-order valence-corrected chi connectivity index (χ0v) is 18.2. The number of aryl methyl sites for hydroxylation is 2. The number of anilines is 2. The van der Waals surface area contributed by atoms with Crippen LogP contribution < -0.4 is 19.5 Å². The zero-order valence-electron chi connectivity index (χ0n) is 17.4. The minimum absolute atomic E-state index is 0.551. The summed E-state index contributed by atoms with van der Waals surface area (Å²) in [6, 6.07) is 19.9. The van der Waals surface area contributed by atoms with Crippen molar-refractivity contribution < 1.29 is 14.3 Å². The van der Waals surface area contributed by atoms with Gasteiger partial charge in [-0.2, -0.15) is 0 Å². The molecular weight excluding hydrogens is 396 g/mol. The molecule has 5 nitrogen and oxygen atoms in total. The predicted octanol–water partition coefficient (Wildman–Crippen LogP) is 5.73. The highest BCUT2D eigenvalue weighted by molar-refractivity contribution is 8.00. The first-order chi connectivity index (χ1) is 14.6. The van der Waals surface area contributed by atoms with Gasteiger partial charge in [0.2, 0.25) is 0 Å². The normalized spacial score (nSPS) is 11.7. The first kappa shape index (κ1) is 21.6. The molecule has 0 spiro atoms. The molecule has 0 saturated heterocycles. The Balaban J connectivity index is 0.000000184. The molecule has 2 N–H and O–H groups in total. The third-order valence-corrected chi connectivity index (χ3v) is 5.45. The SMILES string of the molecule is CNc1cccc(NSc2ccc(C)c(C)c2)c1.O=Cc1ccc2c(c1)OCCO2. The van der Waals surface area contributed by atoms with Crippen molar-refractivity contribution in [2.75, 3.05) is 30.3 Å². The van der Waals surface area contributed by atoms with Gasteiger partial charge in [-0.1, -0.05) is 12.1 Å². The maximum absolute atomic E-state index is 10.4. The second kappa shape index (κ2) is 10.6. The molecule has 0 aliphatic carbocycles. The molecule has 0 saturated carbocycles. The number of carbonyl (C=O) groups excluding carboxylic acids is 1. The third-order valence-electron chi connectivity index (χ3n) is 4.62. The number of hydrogen-bond donors (Lipinski definition) is 2. The Bertz CT molecular complexity index is 1010. The summed E-state index contributed by atoms with van der Waals surface area (Å²) >= 11 is 1.64. The summed E-state index contributed by atoms with van der Waals surface area (Å²) < 4.78 is 13.9. The predicted molar refractivity (Wildman–Crippen MR) is 124 cm³/mol. The Kier molecular flexibility index (Phi) is 7.63. The summed E-state index contributed by atoms with van der Waals surface area (Å²) in [4.78, 5) is 11.6. The average molecular weight is 423 g/mol. The second-order valence-electron chi connectivity index (χ2n) is 6.80. The van der Waals surface area contributed by atoms with E-state index in [0.717, 1.165) is 17.7 Å². The summed E-state index contributed by atoms with van der Waals surface area (Å²) in [6.45, 7) is 5.40. The van der Waals surface area contributed by atoms with Gasteiger partial charge in [0.1, 0.15) is 19.5 Å². The van der Waals surface area contributed by atoms with Crippen LogP contribution in [0.25, 0.3) is 0 Å². The lowest BCUT2D eigenvalue weighted by Gasteiger charge is -2.17. The van der Waals surface area contributed by atoms with Crippen LogP contribution in [0.1, 0.15) is 21.5 Å². The standard InChI is InChI=1S/C15H18N2S.C9H8O3/c1-11-7-8-15(9-12(11)2)18-17-14-6-4-5-13(10-14)16-3;10-6-7-1-2-8-9(5-7)12-4-3-11-8/h4-10,16-17H,1-3H3;1-2,5-6H,3-4H2. The van der Waals surface area contributed by atoms with E-state index >= 15 is 0 Å². The van der Waals surface area contributed by atoms with Crippen LogP contribution in [-0.4, -0.2) is 26.5 Å². The fraction of sp³-hybridized carbons (Fsp3) is 0.208. The number of fused-ring (bicyclic) bond motifs is 1. The largest absolute Gasteiger partial charge is 0.486 e. The second-order valence-corrected chi connectivity index (χ2v) is 7.68. The summed E-state index contributed by atoms with van der Waals surface area (Å²) in [7, 11) is 1.93. The molecule has 1 heterocycles. The van der Waals surface area contributed by atoms with E-state index in [1.165, 1.54) is 16.0 Å². The van der Waals surface area contributed by atoms with Gasteiger partial charge < -0.3 is 19.5 Å². The molecular formula is C24H26N2O3S. The van der Waals surface area contributed by atoms with Crippen LogP contribution in [0.2, 0.25) is 0 Å². The van der Waals surface area contributed by atoms with Crippen LogP contribution in [0.4, 0.5) is 11.4 Å². The fourth-order valence-electron chi connectivity index (χ4n) is 2.77. The first-order valence-electron chi connectivity index (χ1n) is 9.72. The van der Waals surface area contributed by atoms with Crippen LogP contribution in [-0.2, 0) is 0 Å². The Morgan fingerprint density at radius 1 is 0.867 bits per heavy atom. The van der Waals surface area contributed by atoms with Crippen molar-refractivity contribution in [2.24, 2.45) is 0 Å². The highest BCUT2D eigenvalue weighted by atomic mass is 32.2. The number of aldehydes is 1. The van der Waals surface area contributed by atoms with E-state index in [1.54, 1.807) is 30.1 Å². The topological polar surface area (TPSA) is 59.6 Å². The van der Waals surface area contributed by atoms with Crippen molar-refractivity contribution in [2.45, 2.75) is 18.7 Å². The molecule has 3 aromatic rings. The third kappa shape index (κ3) is 5.94. The smallest absolute Gasteiger partial charge is 0.162 e. The van der Waals surface area contributed by atoms with Gasteiger partial charge in [-0.05, 0) is 85.5 Å². The quantitative estimate of drug-likeness (QED) is 0.404. The molecule has 0 aromatic heterocycles. The lowest BCUT2D eigenvalue weighted by molar-refractivity contribution is 0.112. The van der Waals surface area contributed by atoms with Crippen molar-refractivity contribution >= 4 is 29.6 Å². The van der Waals surface area contributed by atoms with Crippen molar-refractivity contribution in [1.29, 1.82) is 0 Å². The van der Waals surface area contributed by atoms with Crippen LogP contribution in [0, 0.1) is 13.8 Å². The molecule has 156 valence electrons.